The Labute approximate surface area is 256 Å². The van der Waals surface area contributed by atoms with E-state index >= 15 is 0 Å². The van der Waals surface area contributed by atoms with Crippen LogP contribution in [0, 0.1) is 5.92 Å². The molecule has 0 aliphatic carbocycles. The van der Waals surface area contributed by atoms with Crippen molar-refractivity contribution >= 4 is 34.1 Å². The van der Waals surface area contributed by atoms with Gasteiger partial charge in [-0.25, -0.2) is 9.78 Å². The summed E-state index contributed by atoms with van der Waals surface area (Å²) in [7, 11) is 0. The Morgan fingerprint density at radius 2 is 1.40 bits per heavy atom. The van der Waals surface area contributed by atoms with Gasteiger partial charge in [-0.3, -0.25) is 10.0 Å². The first kappa shape index (κ1) is 31.4. The summed E-state index contributed by atoms with van der Waals surface area (Å²) in [5, 5.41) is 17.0. The van der Waals surface area contributed by atoms with Crippen molar-refractivity contribution in [2.75, 3.05) is 18.5 Å². The van der Waals surface area contributed by atoms with Crippen LogP contribution in [0.5, 0.6) is 0 Å². The molecule has 9 heteroatoms. The molecule has 0 aliphatic rings. The Hall–Kier alpha value is -4.50. The Morgan fingerprint density at radius 1 is 0.907 bits per heavy atom. The van der Waals surface area contributed by atoms with Gasteiger partial charge in [0.05, 0.1) is 6.61 Å². The maximum atomic E-state index is 13.1. The summed E-state index contributed by atoms with van der Waals surface area (Å²) in [4.78, 5) is 30.5. The second-order valence-electron chi connectivity index (χ2n) is 11.1. The fraction of sp³-hybridized carbons (Fsp3) is 0.294. The molecule has 1 unspecified atom stereocenters. The standard InChI is InChI=1S/C34H38N3O5S/c1-6-41-31(39)29(37(40)22-24(2)30(38)42-33(3,4)5)28-23-43-32(35-28)36-34(25-16-10-7-11-17-25,26-18-12-8-13-19-26)27-20-14-9-15-21-27/h7-21,23-24,40H,6,22H2,1-5H3,(H,35,36)/q+1. The largest absolute Gasteiger partial charge is 0.460 e. The van der Waals surface area contributed by atoms with Crippen molar-refractivity contribution in [1.29, 1.82) is 0 Å². The lowest BCUT2D eigenvalue weighted by molar-refractivity contribution is -0.775. The van der Waals surface area contributed by atoms with Gasteiger partial charge in [0.25, 0.3) is 0 Å². The highest BCUT2D eigenvalue weighted by atomic mass is 32.1. The molecule has 0 bridgehead atoms. The number of esters is 2. The van der Waals surface area contributed by atoms with Crippen molar-refractivity contribution in [2.24, 2.45) is 5.92 Å². The van der Waals surface area contributed by atoms with Crippen LogP contribution >= 0.6 is 11.3 Å². The zero-order valence-corrected chi connectivity index (χ0v) is 25.9. The van der Waals surface area contributed by atoms with Gasteiger partial charge in [-0.2, -0.15) is 0 Å². The highest BCUT2D eigenvalue weighted by molar-refractivity contribution is 7.14. The van der Waals surface area contributed by atoms with Crippen LogP contribution in [-0.4, -0.2) is 51.3 Å². The molecule has 1 heterocycles. The van der Waals surface area contributed by atoms with E-state index in [0.717, 1.165) is 21.4 Å². The molecule has 2 N–H and O–H groups in total. The summed E-state index contributed by atoms with van der Waals surface area (Å²) in [6, 6.07) is 30.2. The number of carbonyl (C=O) groups is 2. The first-order chi connectivity index (χ1) is 20.5. The molecule has 0 aliphatic heterocycles. The Kier molecular flexibility index (Phi) is 9.98. The maximum Gasteiger partial charge on any atom is 0.410 e. The van der Waals surface area contributed by atoms with Gasteiger partial charge in [-0.1, -0.05) is 91.0 Å². The number of anilines is 1. The third-order valence-corrected chi connectivity index (χ3v) is 7.40. The number of thiazole rings is 1. The Balaban J connectivity index is 1.79. The number of hydrogen-bond acceptors (Lipinski definition) is 8. The van der Waals surface area contributed by atoms with Crippen molar-refractivity contribution < 1.29 is 29.0 Å². The normalized spacial score (nSPS) is 13.0. The highest BCUT2D eigenvalue weighted by Gasteiger charge is 2.39. The molecule has 43 heavy (non-hydrogen) atoms. The lowest BCUT2D eigenvalue weighted by Crippen LogP contribution is -2.38. The predicted molar refractivity (Wildman–Crippen MR) is 168 cm³/mol. The average molecular weight is 601 g/mol. The third-order valence-electron chi connectivity index (χ3n) is 6.64. The molecule has 0 fully saturated rings. The van der Waals surface area contributed by atoms with Crippen LogP contribution in [0.25, 0.3) is 0 Å². The number of carbonyl (C=O) groups excluding carboxylic acids is 2. The van der Waals surface area contributed by atoms with Crippen LogP contribution in [0.15, 0.2) is 96.4 Å². The fourth-order valence-electron chi connectivity index (χ4n) is 4.75. The molecule has 3 aromatic carbocycles. The molecule has 8 nitrogen and oxygen atoms in total. The Morgan fingerprint density at radius 3 is 1.84 bits per heavy atom. The summed E-state index contributed by atoms with van der Waals surface area (Å²) >= 11 is 1.29. The van der Waals surface area contributed by atoms with Gasteiger partial charge in [0.1, 0.15) is 17.1 Å². The minimum Gasteiger partial charge on any atom is -0.460 e. The second-order valence-corrected chi connectivity index (χ2v) is 12.0. The van der Waals surface area contributed by atoms with Crippen LogP contribution in [0.4, 0.5) is 5.13 Å². The predicted octanol–water partition coefficient (Wildman–Crippen LogP) is 6.28. The molecular weight excluding hydrogens is 562 g/mol. The van der Waals surface area contributed by atoms with E-state index in [-0.39, 0.29) is 24.6 Å². The zero-order valence-electron chi connectivity index (χ0n) is 25.1. The first-order valence-electron chi connectivity index (χ1n) is 14.2. The van der Waals surface area contributed by atoms with Gasteiger partial charge in [-0.15, -0.1) is 11.3 Å². The molecule has 224 valence electrons. The molecule has 0 spiro atoms. The molecule has 4 rings (SSSR count). The number of nitrogens with one attached hydrogen (secondary N) is 1. The van der Waals surface area contributed by atoms with Gasteiger partial charge in [0.2, 0.25) is 6.54 Å². The molecule has 0 radical (unpaired) electrons. The van der Waals surface area contributed by atoms with E-state index in [9.17, 15) is 14.8 Å². The lowest BCUT2D eigenvalue weighted by Gasteiger charge is -2.36. The van der Waals surface area contributed by atoms with Gasteiger partial charge in [-0.05, 0) is 56.0 Å². The summed E-state index contributed by atoms with van der Waals surface area (Å²) in [5.74, 6) is -1.97. The molecule has 0 saturated heterocycles. The average Bonchev–Trinajstić information content (AvgIpc) is 3.44. The molecule has 1 atom stereocenters. The second kappa shape index (κ2) is 13.6. The molecular formula is C34H38N3O5S+. The molecule has 0 saturated carbocycles. The summed E-state index contributed by atoms with van der Waals surface area (Å²) in [6.07, 6.45) is 0. The van der Waals surface area contributed by atoms with Gasteiger partial charge >= 0.3 is 17.7 Å². The van der Waals surface area contributed by atoms with Crippen LogP contribution < -0.4 is 5.32 Å². The van der Waals surface area contributed by atoms with Crippen molar-refractivity contribution in [1.82, 2.24) is 4.98 Å². The van der Waals surface area contributed by atoms with Crippen molar-refractivity contribution in [3.8, 4) is 0 Å². The van der Waals surface area contributed by atoms with E-state index < -0.39 is 29.0 Å². The number of benzene rings is 3. The summed E-state index contributed by atoms with van der Waals surface area (Å²) < 4.78 is 11.5. The maximum absolute atomic E-state index is 13.1. The van der Waals surface area contributed by atoms with Crippen molar-refractivity contribution in [3.63, 3.8) is 0 Å². The minimum atomic E-state index is -0.826. The van der Waals surface area contributed by atoms with Crippen molar-refractivity contribution in [3.05, 3.63) is 119 Å². The fourth-order valence-corrected chi connectivity index (χ4v) is 5.50. The van der Waals surface area contributed by atoms with Crippen LogP contribution in [-0.2, 0) is 24.6 Å². The van der Waals surface area contributed by atoms with E-state index in [4.69, 9.17) is 14.5 Å². The molecule has 1 aromatic heterocycles. The quantitative estimate of drug-likeness (QED) is 0.0522. The number of hydrogen-bond donors (Lipinski definition) is 2. The number of ether oxygens (including phenoxy) is 2. The first-order valence-corrected chi connectivity index (χ1v) is 15.1. The van der Waals surface area contributed by atoms with E-state index in [1.54, 1.807) is 40.0 Å². The van der Waals surface area contributed by atoms with Gasteiger partial charge < -0.3 is 14.8 Å². The van der Waals surface area contributed by atoms with Gasteiger partial charge in [0.15, 0.2) is 10.8 Å². The highest BCUT2D eigenvalue weighted by Crippen LogP contribution is 2.40. The SMILES string of the molecule is CCOC(=O)C(c1csc(NC(c2ccccc2)(c2ccccc2)c2ccccc2)n1)=[N+](O)CC(C)C(=O)OC(C)(C)C. The third kappa shape index (κ3) is 7.48. The monoisotopic (exact) mass is 600 g/mol. The summed E-state index contributed by atoms with van der Waals surface area (Å²) in [6.45, 7) is 8.54. The lowest BCUT2D eigenvalue weighted by atomic mass is 9.77. The topological polar surface area (TPSA) is 101 Å². The van der Waals surface area contributed by atoms with Crippen molar-refractivity contribution in [2.45, 2.75) is 45.8 Å². The molecule has 4 aromatic rings. The summed E-state index contributed by atoms with van der Waals surface area (Å²) in [5.41, 5.74) is 1.53. The van der Waals surface area contributed by atoms with Crippen LogP contribution in [0.2, 0.25) is 0 Å². The van der Waals surface area contributed by atoms with E-state index in [1.807, 2.05) is 54.6 Å². The minimum absolute atomic E-state index is 0.103. The molecule has 0 amide bonds. The number of hydroxylamine groups is 1. The number of nitrogens with zero attached hydrogens (tertiary/aromatic N) is 2. The smallest absolute Gasteiger partial charge is 0.410 e. The van der Waals surface area contributed by atoms with E-state index in [0.29, 0.717) is 5.13 Å². The van der Waals surface area contributed by atoms with Crippen LogP contribution in [0.3, 0.4) is 0 Å². The number of aromatic nitrogens is 1. The number of rotatable bonds is 11. The zero-order chi connectivity index (χ0) is 31.0. The van der Waals surface area contributed by atoms with Crippen LogP contribution in [0.1, 0.15) is 57.0 Å². The van der Waals surface area contributed by atoms with E-state index in [2.05, 4.69) is 41.7 Å². The Bertz CT molecular complexity index is 1450. The van der Waals surface area contributed by atoms with E-state index in [1.165, 1.54) is 11.3 Å². The van der Waals surface area contributed by atoms with Gasteiger partial charge in [0, 0.05) is 5.38 Å².